The van der Waals surface area contributed by atoms with E-state index in [1.807, 2.05) is 0 Å². The molecule has 0 aliphatic rings. The van der Waals surface area contributed by atoms with Gasteiger partial charge in [-0.25, -0.2) is 8.42 Å². The lowest BCUT2D eigenvalue weighted by molar-refractivity contribution is -0.128. The monoisotopic (exact) mass is 362 g/mol. The summed E-state index contributed by atoms with van der Waals surface area (Å²) in [6, 6.07) is 6.63. The molecule has 0 heterocycles. The van der Waals surface area contributed by atoms with Crippen LogP contribution in [0.3, 0.4) is 0 Å². The van der Waals surface area contributed by atoms with Crippen LogP contribution in [0.4, 0.5) is 0 Å². The molecule has 0 aromatic heterocycles. The molecule has 0 spiro atoms. The van der Waals surface area contributed by atoms with Gasteiger partial charge in [0.1, 0.15) is 0 Å². The summed E-state index contributed by atoms with van der Waals surface area (Å²) in [4.78, 5) is 13.3. The number of benzene rings is 1. The highest BCUT2D eigenvalue weighted by atomic mass is 79.9. The molecule has 0 fully saturated rings. The van der Waals surface area contributed by atoms with Gasteiger partial charge in [0.05, 0.1) is 11.4 Å². The number of carbonyl (C=O) groups excluding carboxylic acids is 1. The summed E-state index contributed by atoms with van der Waals surface area (Å²) in [7, 11) is -0.425. The number of sulfonamides is 1. The molecule has 0 bridgehead atoms. The zero-order valence-corrected chi connectivity index (χ0v) is 14.2. The minimum Gasteiger partial charge on any atom is -0.348 e. The molecule has 1 aromatic rings. The van der Waals surface area contributed by atoms with Gasteiger partial charge in [0, 0.05) is 26.0 Å². The summed E-state index contributed by atoms with van der Waals surface area (Å²) in [5.41, 5.74) is 0.997. The average Bonchev–Trinajstić information content (AvgIpc) is 2.44. The number of alkyl halides is 1. The lowest BCUT2D eigenvalue weighted by atomic mass is 10.2. The Morgan fingerprint density at radius 3 is 2.15 bits per heavy atom. The van der Waals surface area contributed by atoms with Crippen LogP contribution in [-0.4, -0.2) is 50.7 Å². The van der Waals surface area contributed by atoms with Crippen LogP contribution in [0.25, 0.3) is 0 Å². The molecule has 0 saturated heterocycles. The van der Waals surface area contributed by atoms with E-state index in [0.717, 1.165) is 5.56 Å². The van der Waals surface area contributed by atoms with Crippen molar-refractivity contribution in [1.82, 2.24) is 9.21 Å². The zero-order chi connectivity index (χ0) is 15.3. The van der Waals surface area contributed by atoms with Gasteiger partial charge in [-0.1, -0.05) is 35.0 Å². The first-order valence-corrected chi connectivity index (χ1v) is 8.74. The standard InChI is InChI=1S/C13H19BrN2O3S/c1-4-16(10-13(17)15(2)3)20(18,19)12-7-5-11(9-14)6-8-12/h5-8H,4,9-10H2,1-3H3. The first-order chi connectivity index (χ1) is 9.32. The van der Waals surface area contributed by atoms with E-state index in [1.165, 1.54) is 9.21 Å². The second-order valence-corrected chi connectivity index (χ2v) is 7.00. The van der Waals surface area contributed by atoms with Crippen molar-refractivity contribution in [2.45, 2.75) is 17.1 Å². The van der Waals surface area contributed by atoms with Crippen LogP contribution in [-0.2, 0) is 20.1 Å². The number of rotatable bonds is 6. The van der Waals surface area contributed by atoms with Gasteiger partial charge in [0.2, 0.25) is 15.9 Å². The van der Waals surface area contributed by atoms with Crippen molar-refractivity contribution in [3.8, 4) is 0 Å². The smallest absolute Gasteiger partial charge is 0.243 e. The molecule has 7 heteroatoms. The van der Waals surface area contributed by atoms with Gasteiger partial charge < -0.3 is 4.90 Å². The van der Waals surface area contributed by atoms with Crippen molar-refractivity contribution in [2.75, 3.05) is 27.2 Å². The summed E-state index contributed by atoms with van der Waals surface area (Å²) in [6.45, 7) is 1.82. The molecule has 0 radical (unpaired) electrons. The molecule has 0 saturated carbocycles. The molecule has 1 amide bonds. The number of likely N-dealkylation sites (N-methyl/N-ethyl adjacent to an activating group) is 2. The fourth-order valence-electron chi connectivity index (χ4n) is 1.56. The lowest BCUT2D eigenvalue weighted by Crippen LogP contribution is -2.40. The number of carbonyl (C=O) groups is 1. The maximum absolute atomic E-state index is 12.5. The first kappa shape index (κ1) is 17.1. The second kappa shape index (κ2) is 7.19. The Bertz CT molecular complexity index is 555. The van der Waals surface area contributed by atoms with Crippen molar-refractivity contribution < 1.29 is 13.2 Å². The Hall–Kier alpha value is -0.920. The van der Waals surface area contributed by atoms with E-state index >= 15 is 0 Å². The molecule has 0 aliphatic carbocycles. The SMILES string of the molecule is CCN(CC(=O)N(C)C)S(=O)(=O)c1ccc(CBr)cc1. The van der Waals surface area contributed by atoms with Gasteiger partial charge in [-0.2, -0.15) is 4.31 Å². The Morgan fingerprint density at radius 1 is 1.20 bits per heavy atom. The van der Waals surface area contributed by atoms with E-state index < -0.39 is 10.0 Å². The summed E-state index contributed by atoms with van der Waals surface area (Å²) < 4.78 is 26.1. The Morgan fingerprint density at radius 2 is 1.75 bits per heavy atom. The normalized spacial score (nSPS) is 11.7. The van der Waals surface area contributed by atoms with Crippen LogP contribution >= 0.6 is 15.9 Å². The molecule has 0 aliphatic heterocycles. The van der Waals surface area contributed by atoms with Gasteiger partial charge in [-0.15, -0.1) is 0 Å². The number of amides is 1. The fraction of sp³-hybridized carbons (Fsp3) is 0.462. The topological polar surface area (TPSA) is 57.7 Å². The molecule has 0 atom stereocenters. The van der Waals surface area contributed by atoms with Crippen molar-refractivity contribution in [3.63, 3.8) is 0 Å². The van der Waals surface area contributed by atoms with E-state index in [9.17, 15) is 13.2 Å². The van der Waals surface area contributed by atoms with Crippen LogP contribution in [0.15, 0.2) is 29.2 Å². The van der Waals surface area contributed by atoms with Crippen molar-refractivity contribution in [1.29, 1.82) is 0 Å². The van der Waals surface area contributed by atoms with Gasteiger partial charge in [-0.05, 0) is 17.7 Å². The van der Waals surface area contributed by atoms with Crippen molar-refractivity contribution in [2.24, 2.45) is 0 Å². The summed E-state index contributed by atoms with van der Waals surface area (Å²) in [6.07, 6.45) is 0. The van der Waals surface area contributed by atoms with E-state index in [1.54, 1.807) is 45.3 Å². The van der Waals surface area contributed by atoms with Crippen LogP contribution in [0.1, 0.15) is 12.5 Å². The summed E-state index contributed by atoms with van der Waals surface area (Å²) >= 11 is 3.31. The van der Waals surface area contributed by atoms with Crippen LogP contribution in [0.5, 0.6) is 0 Å². The Labute approximate surface area is 128 Å². The zero-order valence-electron chi connectivity index (χ0n) is 11.8. The predicted molar refractivity (Wildman–Crippen MR) is 82.2 cm³/mol. The molecule has 112 valence electrons. The van der Waals surface area contributed by atoms with Crippen molar-refractivity contribution in [3.05, 3.63) is 29.8 Å². The molecule has 0 unspecified atom stereocenters. The van der Waals surface area contributed by atoms with E-state index in [2.05, 4.69) is 15.9 Å². The maximum atomic E-state index is 12.5. The second-order valence-electron chi connectivity index (χ2n) is 4.50. The van der Waals surface area contributed by atoms with Crippen LogP contribution < -0.4 is 0 Å². The highest BCUT2D eigenvalue weighted by Crippen LogP contribution is 2.17. The molecule has 1 rings (SSSR count). The number of hydrogen-bond acceptors (Lipinski definition) is 3. The van der Waals surface area contributed by atoms with Gasteiger partial charge in [0.25, 0.3) is 0 Å². The lowest BCUT2D eigenvalue weighted by Gasteiger charge is -2.21. The molecule has 1 aromatic carbocycles. The third-order valence-corrected chi connectivity index (χ3v) is 5.46. The van der Waals surface area contributed by atoms with Gasteiger partial charge in [0.15, 0.2) is 0 Å². The Balaban J connectivity index is 3.02. The van der Waals surface area contributed by atoms with E-state index in [-0.39, 0.29) is 23.9 Å². The van der Waals surface area contributed by atoms with E-state index in [4.69, 9.17) is 0 Å². The third kappa shape index (κ3) is 4.04. The molecular weight excluding hydrogens is 344 g/mol. The molecule has 20 heavy (non-hydrogen) atoms. The molecule has 5 nitrogen and oxygen atoms in total. The first-order valence-electron chi connectivity index (χ1n) is 6.18. The van der Waals surface area contributed by atoms with Gasteiger partial charge >= 0.3 is 0 Å². The maximum Gasteiger partial charge on any atom is 0.243 e. The number of nitrogens with zero attached hydrogens (tertiary/aromatic N) is 2. The fourth-order valence-corrected chi connectivity index (χ4v) is 3.33. The molecular formula is C13H19BrN2O3S. The summed E-state index contributed by atoms with van der Waals surface area (Å²) in [5, 5.41) is 0.671. The van der Waals surface area contributed by atoms with Crippen molar-refractivity contribution >= 4 is 31.9 Å². The highest BCUT2D eigenvalue weighted by molar-refractivity contribution is 9.08. The number of hydrogen-bond donors (Lipinski definition) is 0. The van der Waals surface area contributed by atoms with Crippen LogP contribution in [0.2, 0.25) is 0 Å². The largest absolute Gasteiger partial charge is 0.348 e. The van der Waals surface area contributed by atoms with Crippen LogP contribution in [0, 0.1) is 0 Å². The summed E-state index contributed by atoms with van der Waals surface area (Å²) in [5.74, 6) is -0.243. The molecule has 0 N–H and O–H groups in total. The average molecular weight is 363 g/mol. The minimum absolute atomic E-state index is 0.147. The highest BCUT2D eigenvalue weighted by Gasteiger charge is 2.25. The number of halogens is 1. The van der Waals surface area contributed by atoms with E-state index in [0.29, 0.717) is 5.33 Å². The Kier molecular flexibility index (Phi) is 6.16. The van der Waals surface area contributed by atoms with Gasteiger partial charge in [-0.3, -0.25) is 4.79 Å². The third-order valence-electron chi connectivity index (χ3n) is 2.88. The quantitative estimate of drug-likeness (QED) is 0.723. The minimum atomic E-state index is -3.63. The predicted octanol–water partition coefficient (Wildman–Crippen LogP) is 1.68.